The molecule has 5 nitrogen and oxygen atoms in total. The minimum absolute atomic E-state index is 0.0920. The van der Waals surface area contributed by atoms with Gasteiger partial charge < -0.3 is 19.7 Å². The lowest BCUT2D eigenvalue weighted by atomic mass is 9.89. The van der Waals surface area contributed by atoms with Crippen molar-refractivity contribution in [3.05, 3.63) is 24.3 Å². The van der Waals surface area contributed by atoms with E-state index in [2.05, 4.69) is 19.1 Å². The third kappa shape index (κ3) is 6.44. The first-order chi connectivity index (χ1) is 12.7. The van der Waals surface area contributed by atoms with Gasteiger partial charge in [0.25, 0.3) is 0 Å². The van der Waals surface area contributed by atoms with Gasteiger partial charge in [-0.25, -0.2) is 4.79 Å². The highest BCUT2D eigenvalue weighted by Gasteiger charge is 2.49. The number of carbonyl (C=O) groups is 1. The van der Waals surface area contributed by atoms with Gasteiger partial charge in [-0.05, 0) is 32.1 Å². The summed E-state index contributed by atoms with van der Waals surface area (Å²) in [4.78, 5) is 11.6. The summed E-state index contributed by atoms with van der Waals surface area (Å²) in [6, 6.07) is 0. The molecule has 0 aromatic rings. The molecule has 148 valence electrons. The van der Waals surface area contributed by atoms with Gasteiger partial charge in [0.2, 0.25) is 0 Å². The van der Waals surface area contributed by atoms with E-state index in [1.807, 2.05) is 12.2 Å². The monoisotopic (exact) mass is 366 g/mol. The maximum absolute atomic E-state index is 11.6. The SMILES string of the molecule is CCCCC[C@H](O)/C=C/[C@@H]1[C@@H](C/C=C\CCCCO)[C@H]2C[C@@H]1OC(=O)O2. The van der Waals surface area contributed by atoms with Crippen molar-refractivity contribution in [2.75, 3.05) is 6.61 Å². The molecule has 0 radical (unpaired) electrons. The Hall–Kier alpha value is -1.33. The van der Waals surface area contributed by atoms with Crippen molar-refractivity contribution in [2.24, 2.45) is 11.8 Å². The van der Waals surface area contributed by atoms with Crippen LogP contribution in [0, 0.1) is 11.8 Å². The number of ether oxygens (including phenoxy) is 2. The second-order valence-electron chi connectivity index (χ2n) is 7.41. The van der Waals surface area contributed by atoms with Gasteiger partial charge in [-0.15, -0.1) is 0 Å². The molecule has 1 saturated carbocycles. The number of hydrogen-bond acceptors (Lipinski definition) is 5. The highest BCUT2D eigenvalue weighted by Crippen LogP contribution is 2.43. The maximum atomic E-state index is 11.6. The van der Waals surface area contributed by atoms with E-state index in [0.717, 1.165) is 57.8 Å². The van der Waals surface area contributed by atoms with E-state index in [9.17, 15) is 9.90 Å². The van der Waals surface area contributed by atoms with Crippen LogP contribution in [0.2, 0.25) is 0 Å². The molecular formula is C21H34O5. The van der Waals surface area contributed by atoms with Crippen LogP contribution in [0.3, 0.4) is 0 Å². The molecule has 2 bridgehead atoms. The molecule has 0 aromatic heterocycles. The Morgan fingerprint density at radius 1 is 1.15 bits per heavy atom. The first-order valence-corrected chi connectivity index (χ1v) is 10.1. The van der Waals surface area contributed by atoms with Crippen LogP contribution in [0.4, 0.5) is 4.79 Å². The molecular weight excluding hydrogens is 332 g/mol. The molecule has 1 heterocycles. The normalized spacial score (nSPS) is 29.3. The molecule has 2 aliphatic rings. The number of carbonyl (C=O) groups excluding carboxylic acids is 1. The van der Waals surface area contributed by atoms with Crippen LogP contribution < -0.4 is 0 Å². The van der Waals surface area contributed by atoms with E-state index in [4.69, 9.17) is 14.6 Å². The Morgan fingerprint density at radius 3 is 2.73 bits per heavy atom. The molecule has 0 unspecified atom stereocenters. The van der Waals surface area contributed by atoms with Crippen LogP contribution >= 0.6 is 0 Å². The first kappa shape index (κ1) is 21.0. The van der Waals surface area contributed by atoms with Crippen molar-refractivity contribution in [1.82, 2.24) is 0 Å². The summed E-state index contributed by atoms with van der Waals surface area (Å²) >= 11 is 0. The second-order valence-corrected chi connectivity index (χ2v) is 7.41. The molecule has 1 saturated heterocycles. The summed E-state index contributed by atoms with van der Waals surface area (Å²) in [6.45, 7) is 2.39. The van der Waals surface area contributed by atoms with Crippen molar-refractivity contribution in [1.29, 1.82) is 0 Å². The summed E-state index contributed by atoms with van der Waals surface area (Å²) in [6.07, 6.45) is 15.3. The number of allylic oxidation sites excluding steroid dienone is 2. The largest absolute Gasteiger partial charge is 0.508 e. The Bertz CT molecular complexity index is 473. The minimum Gasteiger partial charge on any atom is -0.430 e. The Kier molecular flexibility index (Phi) is 9.19. The fourth-order valence-electron chi connectivity index (χ4n) is 3.90. The van der Waals surface area contributed by atoms with E-state index in [1.54, 1.807) is 0 Å². The molecule has 0 amide bonds. The van der Waals surface area contributed by atoms with Crippen LogP contribution in [0.1, 0.15) is 64.7 Å². The van der Waals surface area contributed by atoms with E-state index in [0.29, 0.717) is 0 Å². The standard InChI is InChI=1S/C21H34O5/c1-2-3-7-10-16(23)12-13-18-17(11-8-5-4-6-9-14-22)19-15-20(18)26-21(24)25-19/h5,8,12-13,16-20,22-23H,2-4,6-7,9-11,14-15H2,1H3/b8-5-,13-12+/t16-,17+,18+,19+,20-/m0/s1. The lowest BCUT2D eigenvalue weighted by Gasteiger charge is -2.20. The Labute approximate surface area is 157 Å². The van der Waals surface area contributed by atoms with Crippen LogP contribution in [0.15, 0.2) is 24.3 Å². The Balaban J connectivity index is 1.91. The Morgan fingerprint density at radius 2 is 1.96 bits per heavy atom. The average Bonchev–Trinajstić information content (AvgIpc) is 2.86. The summed E-state index contributed by atoms with van der Waals surface area (Å²) in [5.41, 5.74) is 0. The maximum Gasteiger partial charge on any atom is 0.508 e. The van der Waals surface area contributed by atoms with Crippen molar-refractivity contribution < 1.29 is 24.5 Å². The molecule has 5 heteroatoms. The molecule has 2 N–H and O–H groups in total. The molecule has 1 aliphatic carbocycles. The average molecular weight is 366 g/mol. The fraction of sp³-hybridized carbons (Fsp3) is 0.762. The summed E-state index contributed by atoms with van der Waals surface area (Å²) in [7, 11) is 0. The zero-order chi connectivity index (χ0) is 18.8. The molecule has 1 aliphatic heterocycles. The number of unbranched alkanes of at least 4 members (excludes halogenated alkanes) is 4. The molecule has 2 rings (SSSR count). The van der Waals surface area contributed by atoms with Crippen LogP contribution in [-0.2, 0) is 9.47 Å². The molecule has 0 aromatic carbocycles. The van der Waals surface area contributed by atoms with Crippen LogP contribution in [0.25, 0.3) is 0 Å². The minimum atomic E-state index is -0.567. The number of fused-ring (bicyclic) bond motifs is 2. The molecule has 0 spiro atoms. The number of aliphatic hydroxyl groups excluding tert-OH is 2. The van der Waals surface area contributed by atoms with Crippen LogP contribution in [0.5, 0.6) is 0 Å². The first-order valence-electron chi connectivity index (χ1n) is 10.1. The fourth-order valence-corrected chi connectivity index (χ4v) is 3.90. The van der Waals surface area contributed by atoms with Crippen molar-refractivity contribution in [3.63, 3.8) is 0 Å². The van der Waals surface area contributed by atoms with Gasteiger partial charge in [-0.3, -0.25) is 0 Å². The highest BCUT2D eigenvalue weighted by molar-refractivity contribution is 5.62. The number of aliphatic hydroxyl groups is 2. The van der Waals surface area contributed by atoms with Crippen molar-refractivity contribution in [3.8, 4) is 0 Å². The van der Waals surface area contributed by atoms with Gasteiger partial charge in [-0.2, -0.15) is 0 Å². The van der Waals surface area contributed by atoms with Gasteiger partial charge in [0.15, 0.2) is 0 Å². The third-order valence-electron chi connectivity index (χ3n) is 5.37. The predicted octanol–water partition coefficient (Wildman–Crippen LogP) is 4.13. The van der Waals surface area contributed by atoms with Gasteiger partial charge >= 0.3 is 6.16 Å². The predicted molar refractivity (Wildman–Crippen MR) is 101 cm³/mol. The zero-order valence-electron chi connectivity index (χ0n) is 15.9. The molecule has 5 atom stereocenters. The van der Waals surface area contributed by atoms with Crippen molar-refractivity contribution in [2.45, 2.75) is 83.0 Å². The zero-order valence-corrected chi connectivity index (χ0v) is 15.9. The smallest absolute Gasteiger partial charge is 0.430 e. The molecule has 2 fully saturated rings. The number of rotatable bonds is 12. The summed E-state index contributed by atoms with van der Waals surface area (Å²) in [5, 5.41) is 19.0. The third-order valence-corrected chi connectivity index (χ3v) is 5.37. The quantitative estimate of drug-likeness (QED) is 0.308. The van der Waals surface area contributed by atoms with Crippen LogP contribution in [-0.4, -0.2) is 41.3 Å². The van der Waals surface area contributed by atoms with Gasteiger partial charge in [0, 0.05) is 24.9 Å². The topological polar surface area (TPSA) is 76.0 Å². The number of hydrogen-bond donors (Lipinski definition) is 2. The van der Waals surface area contributed by atoms with E-state index in [-0.39, 0.29) is 30.7 Å². The highest BCUT2D eigenvalue weighted by atomic mass is 16.7. The van der Waals surface area contributed by atoms with E-state index >= 15 is 0 Å². The lowest BCUT2D eigenvalue weighted by Crippen LogP contribution is -2.28. The van der Waals surface area contributed by atoms with E-state index < -0.39 is 12.3 Å². The summed E-state index contributed by atoms with van der Waals surface area (Å²) < 4.78 is 10.7. The van der Waals surface area contributed by atoms with Gasteiger partial charge in [-0.1, -0.05) is 50.5 Å². The summed E-state index contributed by atoms with van der Waals surface area (Å²) in [5.74, 6) is 0.286. The van der Waals surface area contributed by atoms with Gasteiger partial charge in [0.05, 0.1) is 6.10 Å². The van der Waals surface area contributed by atoms with Crippen molar-refractivity contribution >= 4 is 6.16 Å². The van der Waals surface area contributed by atoms with E-state index in [1.165, 1.54) is 0 Å². The lowest BCUT2D eigenvalue weighted by molar-refractivity contribution is -0.0346. The molecule has 26 heavy (non-hydrogen) atoms. The second kappa shape index (κ2) is 11.4. The van der Waals surface area contributed by atoms with Gasteiger partial charge in [0.1, 0.15) is 12.2 Å².